The predicted octanol–water partition coefficient (Wildman–Crippen LogP) is 3.33. The number of morpholine rings is 1. The van der Waals surface area contributed by atoms with Crippen molar-refractivity contribution < 1.29 is 17.9 Å². The number of alkyl halides is 3. The van der Waals surface area contributed by atoms with Gasteiger partial charge in [-0.05, 0) is 57.1 Å². The number of ether oxygens (including phenoxy) is 1. The van der Waals surface area contributed by atoms with Gasteiger partial charge in [0, 0.05) is 53.8 Å². The van der Waals surface area contributed by atoms with Crippen molar-refractivity contribution in [3.63, 3.8) is 0 Å². The van der Waals surface area contributed by atoms with E-state index in [1.54, 1.807) is 6.08 Å². The van der Waals surface area contributed by atoms with Crippen LogP contribution in [0.25, 0.3) is 5.70 Å². The zero-order chi connectivity index (χ0) is 22.8. The Bertz CT molecular complexity index is 947. The molecule has 2 aliphatic heterocycles. The average Bonchev–Trinajstić information content (AvgIpc) is 3.14. The number of rotatable bonds is 5. The van der Waals surface area contributed by atoms with Crippen LogP contribution in [-0.4, -0.2) is 53.0 Å². The first kappa shape index (κ1) is 21.7. The zero-order valence-electron chi connectivity index (χ0n) is 18.3. The first-order valence-electron chi connectivity index (χ1n) is 11.4. The van der Waals surface area contributed by atoms with Crippen molar-refractivity contribution >= 4 is 17.2 Å². The van der Waals surface area contributed by atoms with Crippen molar-refractivity contribution in [1.82, 2.24) is 9.88 Å². The van der Waals surface area contributed by atoms with Gasteiger partial charge in [-0.3, -0.25) is 9.89 Å². The molecule has 6 nitrogen and oxygen atoms in total. The summed E-state index contributed by atoms with van der Waals surface area (Å²) in [7, 11) is 0. The summed E-state index contributed by atoms with van der Waals surface area (Å²) in [5.41, 5.74) is 12.0. The van der Waals surface area contributed by atoms with E-state index in [1.807, 2.05) is 13.8 Å². The Morgan fingerprint density at radius 2 is 1.97 bits per heavy atom. The van der Waals surface area contributed by atoms with Crippen LogP contribution in [0.5, 0.6) is 0 Å². The number of pyridine rings is 1. The van der Waals surface area contributed by atoms with Gasteiger partial charge in [0.2, 0.25) is 0 Å². The van der Waals surface area contributed by atoms with Crippen molar-refractivity contribution in [2.24, 2.45) is 28.5 Å². The Balaban J connectivity index is 1.32. The smallest absolute Gasteiger partial charge is 0.398 e. The van der Waals surface area contributed by atoms with Gasteiger partial charge in [0.25, 0.3) is 0 Å². The van der Waals surface area contributed by atoms with E-state index in [1.165, 1.54) is 6.20 Å². The van der Waals surface area contributed by atoms with Crippen LogP contribution in [0.3, 0.4) is 0 Å². The summed E-state index contributed by atoms with van der Waals surface area (Å²) in [6, 6.07) is 2.22. The minimum atomic E-state index is -4.58. The van der Waals surface area contributed by atoms with E-state index in [0.29, 0.717) is 35.9 Å². The van der Waals surface area contributed by atoms with Crippen LogP contribution in [0, 0.1) is 17.8 Å². The van der Waals surface area contributed by atoms with Crippen molar-refractivity contribution in [3.05, 3.63) is 29.5 Å². The fraction of sp³-hybridized carbons (Fsp3) is 0.652. The maximum atomic E-state index is 13.2. The number of hydrogen-bond acceptors (Lipinski definition) is 6. The molecule has 5 rings (SSSR count). The zero-order valence-corrected chi connectivity index (χ0v) is 18.3. The molecule has 2 saturated carbocycles. The Labute approximate surface area is 185 Å². The summed E-state index contributed by atoms with van der Waals surface area (Å²) in [5.74, 6) is 0.912. The molecule has 6 atom stereocenters. The molecule has 0 amide bonds. The lowest BCUT2D eigenvalue weighted by Crippen LogP contribution is -2.44. The van der Waals surface area contributed by atoms with E-state index in [2.05, 4.69) is 9.88 Å². The van der Waals surface area contributed by atoms with Gasteiger partial charge in [0.1, 0.15) is 5.82 Å². The molecule has 4 aliphatic rings. The standard InChI is InChI=1S/C23H30F3N5O/c1-11(2)30-20(7-19(27)12-3-18(23(24,25)26)22(28)29-8-12)21-16-5-13(6-17(16)21)31-9-15-4-14(31)10-32-15/h3,7-8,11,13-17,21H,4-6,9-10,27H2,1-2H3,(H2,28,29)/t13?,14-,15-,16-,17+,21?/m0/s1. The van der Waals surface area contributed by atoms with Crippen LogP contribution in [-0.2, 0) is 10.9 Å². The molecule has 2 saturated heterocycles. The number of hydrogen-bond donors (Lipinski definition) is 2. The third-order valence-electron chi connectivity index (χ3n) is 7.44. The molecule has 3 heterocycles. The van der Waals surface area contributed by atoms with Crippen LogP contribution < -0.4 is 11.5 Å². The highest BCUT2D eigenvalue weighted by atomic mass is 19.4. The molecule has 1 aromatic rings. The van der Waals surface area contributed by atoms with Gasteiger partial charge in [0.15, 0.2) is 0 Å². The third-order valence-corrected chi connectivity index (χ3v) is 7.44. The number of nitrogen functional groups attached to an aromatic ring is 1. The average molecular weight is 450 g/mol. The van der Waals surface area contributed by atoms with E-state index < -0.39 is 17.6 Å². The summed E-state index contributed by atoms with van der Waals surface area (Å²) in [4.78, 5) is 11.1. The highest BCUT2D eigenvalue weighted by Gasteiger charge is 2.60. The molecule has 2 unspecified atom stereocenters. The number of halogens is 3. The second-order valence-corrected chi connectivity index (χ2v) is 9.92. The summed E-state index contributed by atoms with van der Waals surface area (Å²) in [6.07, 6.45) is 2.31. The molecule has 2 aliphatic carbocycles. The second kappa shape index (κ2) is 7.73. The molecule has 1 aromatic heterocycles. The van der Waals surface area contributed by atoms with Gasteiger partial charge in [0.05, 0.1) is 18.3 Å². The summed E-state index contributed by atoms with van der Waals surface area (Å²) < 4.78 is 45.4. The van der Waals surface area contributed by atoms with Gasteiger partial charge in [-0.1, -0.05) is 0 Å². The number of aliphatic imine (C=N–C) groups is 1. The number of nitrogens with zero attached hydrogens (tertiary/aromatic N) is 3. The van der Waals surface area contributed by atoms with Gasteiger partial charge in [-0.2, -0.15) is 13.2 Å². The van der Waals surface area contributed by atoms with E-state index in [-0.39, 0.29) is 17.3 Å². The molecule has 0 aromatic carbocycles. The SMILES string of the molecule is CC(C)N=C(C=C(N)c1cnc(N)c(C(F)(F)F)c1)C1[C@H]2CC(N3C[C@@H]4C[C@H]3CO4)C[C@@H]12. The molecule has 9 heteroatoms. The van der Waals surface area contributed by atoms with Gasteiger partial charge >= 0.3 is 6.18 Å². The lowest BCUT2D eigenvalue weighted by molar-refractivity contribution is -0.137. The molecular weight excluding hydrogens is 419 g/mol. The van der Waals surface area contributed by atoms with Crippen molar-refractivity contribution in [1.29, 1.82) is 0 Å². The summed E-state index contributed by atoms with van der Waals surface area (Å²) in [5, 5.41) is 0. The van der Waals surface area contributed by atoms with E-state index in [9.17, 15) is 13.2 Å². The van der Waals surface area contributed by atoms with Gasteiger partial charge in [-0.15, -0.1) is 0 Å². The Morgan fingerprint density at radius 3 is 2.53 bits per heavy atom. The lowest BCUT2D eigenvalue weighted by atomic mass is 10.00. The largest absolute Gasteiger partial charge is 0.419 e. The van der Waals surface area contributed by atoms with Crippen LogP contribution in [0.15, 0.2) is 23.3 Å². The number of anilines is 1. The number of fused-ring (bicyclic) bond motifs is 3. The number of aromatic nitrogens is 1. The van der Waals surface area contributed by atoms with Crippen molar-refractivity contribution in [2.45, 2.75) is 63.5 Å². The summed E-state index contributed by atoms with van der Waals surface area (Å²) >= 11 is 0. The molecule has 4 N–H and O–H groups in total. The van der Waals surface area contributed by atoms with Crippen LogP contribution in [0.2, 0.25) is 0 Å². The van der Waals surface area contributed by atoms with Gasteiger partial charge < -0.3 is 16.2 Å². The van der Waals surface area contributed by atoms with Crippen molar-refractivity contribution in [3.8, 4) is 0 Å². The van der Waals surface area contributed by atoms with Crippen LogP contribution >= 0.6 is 0 Å². The normalized spacial score (nSPS) is 35.1. The highest BCUT2D eigenvalue weighted by Crippen LogP contribution is 2.60. The molecule has 4 fully saturated rings. The predicted molar refractivity (Wildman–Crippen MR) is 117 cm³/mol. The first-order valence-corrected chi connectivity index (χ1v) is 11.4. The molecule has 0 spiro atoms. The van der Waals surface area contributed by atoms with Crippen LogP contribution in [0.1, 0.15) is 44.2 Å². The fourth-order valence-electron chi connectivity index (χ4n) is 6.02. The van der Waals surface area contributed by atoms with Gasteiger partial charge in [-0.25, -0.2) is 4.98 Å². The first-order chi connectivity index (χ1) is 15.1. The third kappa shape index (κ3) is 3.90. The van der Waals surface area contributed by atoms with Crippen LogP contribution in [0.4, 0.5) is 19.0 Å². The molecule has 0 radical (unpaired) electrons. The molecular formula is C23H30F3N5O. The van der Waals surface area contributed by atoms with Crippen molar-refractivity contribution in [2.75, 3.05) is 18.9 Å². The summed E-state index contributed by atoms with van der Waals surface area (Å²) in [6.45, 7) is 5.90. The highest BCUT2D eigenvalue weighted by molar-refractivity contribution is 6.04. The fourth-order valence-corrected chi connectivity index (χ4v) is 6.02. The monoisotopic (exact) mass is 449 g/mol. The quantitative estimate of drug-likeness (QED) is 0.673. The van der Waals surface area contributed by atoms with E-state index in [0.717, 1.165) is 44.2 Å². The topological polar surface area (TPSA) is 89.8 Å². The van der Waals surface area contributed by atoms with E-state index in [4.69, 9.17) is 21.2 Å². The Kier molecular flexibility index (Phi) is 5.24. The molecule has 2 bridgehead atoms. The minimum absolute atomic E-state index is 0.0768. The molecule has 174 valence electrons. The Hall–Kier alpha value is -2.13. The Morgan fingerprint density at radius 1 is 1.25 bits per heavy atom. The molecule has 32 heavy (non-hydrogen) atoms. The maximum Gasteiger partial charge on any atom is 0.419 e. The second-order valence-electron chi connectivity index (χ2n) is 9.92. The minimum Gasteiger partial charge on any atom is -0.398 e. The van der Waals surface area contributed by atoms with E-state index >= 15 is 0 Å². The number of allylic oxidation sites excluding steroid dienone is 1. The number of likely N-dealkylation sites (tertiary alicyclic amines) is 1. The lowest BCUT2D eigenvalue weighted by Gasteiger charge is -2.33. The number of nitrogens with two attached hydrogens (primary N) is 2. The maximum absolute atomic E-state index is 13.2.